The number of amides is 1. The number of nitrogens with one attached hydrogen (secondary N) is 2. The van der Waals surface area contributed by atoms with Gasteiger partial charge in [0.1, 0.15) is 0 Å². The minimum atomic E-state index is -0.0756. The van der Waals surface area contributed by atoms with E-state index in [4.69, 9.17) is 0 Å². The normalized spacial score (nSPS) is 10.7. The fourth-order valence-electron chi connectivity index (χ4n) is 2.27. The van der Waals surface area contributed by atoms with E-state index in [1.807, 2.05) is 48.9 Å². The zero-order valence-corrected chi connectivity index (χ0v) is 13.0. The molecular formula is C16H22N4O. The van der Waals surface area contributed by atoms with Crippen molar-refractivity contribution in [3.63, 3.8) is 0 Å². The van der Waals surface area contributed by atoms with Crippen molar-refractivity contribution >= 4 is 17.3 Å². The standard InChI is InChI=1S/C16H22N4O/c1-11(2)20-13(4)16(12(3)19-20)18-15(21)10-17-14-8-6-5-7-9-14/h5-9,11,17H,10H2,1-4H3,(H,18,21). The summed E-state index contributed by atoms with van der Waals surface area (Å²) in [5.41, 5.74) is 3.56. The number of aromatic nitrogens is 2. The van der Waals surface area contributed by atoms with Crippen LogP contribution in [0.5, 0.6) is 0 Å². The molecule has 1 amide bonds. The maximum atomic E-state index is 12.1. The van der Waals surface area contributed by atoms with Crippen molar-refractivity contribution in [3.8, 4) is 0 Å². The molecule has 0 aliphatic carbocycles. The van der Waals surface area contributed by atoms with Crippen LogP contribution in [-0.4, -0.2) is 22.2 Å². The van der Waals surface area contributed by atoms with Crippen molar-refractivity contribution in [2.45, 2.75) is 33.7 Å². The monoisotopic (exact) mass is 286 g/mol. The Morgan fingerprint density at radius 1 is 1.24 bits per heavy atom. The number of hydrogen-bond acceptors (Lipinski definition) is 3. The summed E-state index contributed by atoms with van der Waals surface area (Å²) in [5.74, 6) is -0.0756. The lowest BCUT2D eigenvalue weighted by atomic mass is 10.3. The molecule has 2 N–H and O–H groups in total. The number of hydrogen-bond donors (Lipinski definition) is 2. The SMILES string of the molecule is Cc1nn(C(C)C)c(C)c1NC(=O)CNc1ccccc1. The number of rotatable bonds is 5. The van der Waals surface area contributed by atoms with Gasteiger partial charge in [0.25, 0.3) is 0 Å². The highest BCUT2D eigenvalue weighted by molar-refractivity contribution is 5.94. The number of anilines is 2. The molecule has 0 bridgehead atoms. The summed E-state index contributed by atoms with van der Waals surface area (Å²) in [4.78, 5) is 12.1. The first-order valence-electron chi connectivity index (χ1n) is 7.13. The lowest BCUT2D eigenvalue weighted by molar-refractivity contribution is -0.114. The van der Waals surface area contributed by atoms with E-state index in [1.54, 1.807) is 0 Å². The predicted octanol–water partition coefficient (Wildman–Crippen LogP) is 3.13. The lowest BCUT2D eigenvalue weighted by Crippen LogP contribution is -2.22. The van der Waals surface area contributed by atoms with Gasteiger partial charge in [0.15, 0.2) is 0 Å². The van der Waals surface area contributed by atoms with E-state index in [2.05, 4.69) is 29.6 Å². The Kier molecular flexibility index (Phi) is 4.62. The van der Waals surface area contributed by atoms with E-state index in [1.165, 1.54) is 0 Å². The maximum absolute atomic E-state index is 12.1. The van der Waals surface area contributed by atoms with Crippen LogP contribution in [0.2, 0.25) is 0 Å². The third kappa shape index (κ3) is 3.62. The maximum Gasteiger partial charge on any atom is 0.243 e. The van der Waals surface area contributed by atoms with E-state index in [-0.39, 0.29) is 18.5 Å². The molecule has 1 aromatic heterocycles. The first kappa shape index (κ1) is 15.1. The minimum absolute atomic E-state index is 0.0756. The number of aryl methyl sites for hydroxylation is 1. The smallest absolute Gasteiger partial charge is 0.243 e. The van der Waals surface area contributed by atoms with Gasteiger partial charge in [0.2, 0.25) is 5.91 Å². The van der Waals surface area contributed by atoms with E-state index in [9.17, 15) is 4.79 Å². The molecule has 2 aromatic rings. The predicted molar refractivity (Wildman–Crippen MR) is 85.6 cm³/mol. The summed E-state index contributed by atoms with van der Waals surface area (Å²) >= 11 is 0. The quantitative estimate of drug-likeness (QED) is 0.887. The van der Waals surface area contributed by atoms with Crippen LogP contribution in [0.4, 0.5) is 11.4 Å². The van der Waals surface area contributed by atoms with Crippen molar-refractivity contribution in [3.05, 3.63) is 41.7 Å². The molecule has 2 rings (SSSR count). The first-order valence-corrected chi connectivity index (χ1v) is 7.13. The van der Waals surface area contributed by atoms with Crippen LogP contribution in [0.25, 0.3) is 0 Å². The third-order valence-electron chi connectivity index (χ3n) is 3.31. The van der Waals surface area contributed by atoms with Gasteiger partial charge >= 0.3 is 0 Å². The number of nitrogens with zero attached hydrogens (tertiary/aromatic N) is 2. The molecule has 21 heavy (non-hydrogen) atoms. The fourth-order valence-corrected chi connectivity index (χ4v) is 2.27. The van der Waals surface area contributed by atoms with Crippen LogP contribution in [0, 0.1) is 13.8 Å². The van der Waals surface area contributed by atoms with Crippen molar-refractivity contribution in [1.29, 1.82) is 0 Å². The molecule has 0 saturated carbocycles. The van der Waals surface area contributed by atoms with Crippen LogP contribution in [0.15, 0.2) is 30.3 Å². The molecule has 0 aliphatic rings. The molecule has 0 fully saturated rings. The van der Waals surface area contributed by atoms with Gasteiger partial charge in [-0.05, 0) is 39.8 Å². The zero-order chi connectivity index (χ0) is 15.4. The van der Waals surface area contributed by atoms with Crippen LogP contribution in [-0.2, 0) is 4.79 Å². The fraction of sp³-hybridized carbons (Fsp3) is 0.375. The second-order valence-corrected chi connectivity index (χ2v) is 5.35. The van der Waals surface area contributed by atoms with Crippen LogP contribution in [0.1, 0.15) is 31.3 Å². The Morgan fingerprint density at radius 2 is 1.90 bits per heavy atom. The van der Waals surface area contributed by atoms with Crippen molar-refractivity contribution in [2.24, 2.45) is 0 Å². The number of benzene rings is 1. The molecule has 0 radical (unpaired) electrons. The highest BCUT2D eigenvalue weighted by Gasteiger charge is 2.15. The average molecular weight is 286 g/mol. The molecular weight excluding hydrogens is 264 g/mol. The van der Waals surface area contributed by atoms with Gasteiger partial charge in [-0.2, -0.15) is 5.10 Å². The van der Waals surface area contributed by atoms with Crippen LogP contribution < -0.4 is 10.6 Å². The van der Waals surface area contributed by atoms with E-state index >= 15 is 0 Å². The van der Waals surface area contributed by atoms with E-state index in [0.717, 1.165) is 22.8 Å². The third-order valence-corrected chi connectivity index (χ3v) is 3.31. The molecule has 0 aliphatic heterocycles. The Labute approximate surface area is 125 Å². The van der Waals surface area contributed by atoms with Gasteiger partial charge in [0, 0.05) is 11.7 Å². The lowest BCUT2D eigenvalue weighted by Gasteiger charge is -2.10. The average Bonchev–Trinajstić information content (AvgIpc) is 2.74. The Morgan fingerprint density at radius 3 is 2.48 bits per heavy atom. The van der Waals surface area contributed by atoms with Gasteiger partial charge in [-0.25, -0.2) is 0 Å². The molecule has 0 saturated heterocycles. The van der Waals surface area contributed by atoms with Gasteiger partial charge in [-0.3, -0.25) is 9.48 Å². The minimum Gasteiger partial charge on any atom is -0.376 e. The Bertz CT molecular complexity index is 617. The van der Waals surface area contributed by atoms with Crippen molar-refractivity contribution in [2.75, 3.05) is 17.2 Å². The summed E-state index contributed by atoms with van der Waals surface area (Å²) in [6.07, 6.45) is 0. The molecule has 0 spiro atoms. The zero-order valence-electron chi connectivity index (χ0n) is 13.0. The van der Waals surface area contributed by atoms with E-state index < -0.39 is 0 Å². The van der Waals surface area contributed by atoms with Gasteiger partial charge in [0.05, 0.1) is 23.6 Å². The van der Waals surface area contributed by atoms with Gasteiger partial charge < -0.3 is 10.6 Å². The van der Waals surface area contributed by atoms with Crippen LogP contribution in [0.3, 0.4) is 0 Å². The number of carbonyl (C=O) groups is 1. The molecule has 1 heterocycles. The summed E-state index contributed by atoms with van der Waals surface area (Å²) in [6.45, 7) is 8.26. The Hall–Kier alpha value is -2.30. The highest BCUT2D eigenvalue weighted by Crippen LogP contribution is 2.22. The second-order valence-electron chi connectivity index (χ2n) is 5.35. The summed E-state index contributed by atoms with van der Waals surface area (Å²) < 4.78 is 1.93. The summed E-state index contributed by atoms with van der Waals surface area (Å²) in [5, 5.41) is 10.5. The molecule has 112 valence electrons. The second kappa shape index (κ2) is 6.43. The number of carbonyl (C=O) groups excluding carboxylic acids is 1. The van der Waals surface area contributed by atoms with Crippen molar-refractivity contribution in [1.82, 2.24) is 9.78 Å². The van der Waals surface area contributed by atoms with Gasteiger partial charge in [-0.1, -0.05) is 18.2 Å². The molecule has 5 nitrogen and oxygen atoms in total. The first-order chi connectivity index (χ1) is 9.99. The van der Waals surface area contributed by atoms with Crippen LogP contribution >= 0.6 is 0 Å². The van der Waals surface area contributed by atoms with E-state index in [0.29, 0.717) is 0 Å². The molecule has 0 atom stereocenters. The number of para-hydroxylation sites is 1. The summed E-state index contributed by atoms with van der Waals surface area (Å²) in [6, 6.07) is 9.94. The van der Waals surface area contributed by atoms with Crippen molar-refractivity contribution < 1.29 is 4.79 Å². The summed E-state index contributed by atoms with van der Waals surface area (Å²) in [7, 11) is 0. The highest BCUT2D eigenvalue weighted by atomic mass is 16.1. The topological polar surface area (TPSA) is 59.0 Å². The Balaban J connectivity index is 2.00. The molecule has 1 aromatic carbocycles. The largest absolute Gasteiger partial charge is 0.376 e. The van der Waals surface area contributed by atoms with Gasteiger partial charge in [-0.15, -0.1) is 0 Å². The molecule has 5 heteroatoms. The molecule has 0 unspecified atom stereocenters.